The summed E-state index contributed by atoms with van der Waals surface area (Å²) in [7, 11) is 0. The van der Waals surface area contributed by atoms with Gasteiger partial charge in [0.05, 0.1) is 18.8 Å². The molecule has 1 aliphatic rings. The van der Waals surface area contributed by atoms with Crippen LogP contribution in [0.4, 0.5) is 21.0 Å². The lowest BCUT2D eigenvalue weighted by Crippen LogP contribution is -2.52. The number of anilines is 2. The van der Waals surface area contributed by atoms with E-state index in [1.54, 1.807) is 38.1 Å². The first-order valence-electron chi connectivity index (χ1n) is 10.4. The van der Waals surface area contributed by atoms with E-state index < -0.39 is 12.1 Å². The molecule has 0 unspecified atom stereocenters. The van der Waals surface area contributed by atoms with Gasteiger partial charge in [-0.2, -0.15) is 0 Å². The van der Waals surface area contributed by atoms with Crippen molar-refractivity contribution in [1.29, 1.82) is 0 Å². The predicted octanol–water partition coefficient (Wildman–Crippen LogP) is 3.19. The molecule has 174 valence electrons. The molecule has 2 heterocycles. The van der Waals surface area contributed by atoms with Crippen molar-refractivity contribution >= 4 is 35.0 Å². The molecule has 32 heavy (non-hydrogen) atoms. The van der Waals surface area contributed by atoms with Crippen LogP contribution in [0.3, 0.4) is 0 Å². The minimum Gasteiger partial charge on any atom is -0.394 e. The summed E-state index contributed by atoms with van der Waals surface area (Å²) < 4.78 is 11.0. The van der Waals surface area contributed by atoms with Gasteiger partial charge in [-0.3, -0.25) is 0 Å². The van der Waals surface area contributed by atoms with Crippen molar-refractivity contribution in [3.05, 3.63) is 40.7 Å². The van der Waals surface area contributed by atoms with Crippen LogP contribution in [0.15, 0.2) is 28.8 Å². The smallest absolute Gasteiger partial charge is 0.319 e. The minimum absolute atomic E-state index is 0.138. The molecule has 0 spiro atoms. The first-order valence-corrected chi connectivity index (χ1v) is 10.8. The number of urea groups is 2. The molecule has 0 bridgehead atoms. The van der Waals surface area contributed by atoms with E-state index >= 15 is 0 Å². The number of rotatable bonds is 7. The number of nitrogens with one attached hydrogen (secondary N) is 4. The molecule has 1 aromatic carbocycles. The number of nitrogens with zero attached hydrogens (tertiary/aromatic N) is 1. The number of carbonyl (C=O) groups is 2. The number of aromatic nitrogens is 1. The molecule has 0 radical (unpaired) electrons. The van der Waals surface area contributed by atoms with Crippen LogP contribution >= 0.6 is 11.6 Å². The van der Waals surface area contributed by atoms with E-state index in [1.165, 1.54) is 0 Å². The van der Waals surface area contributed by atoms with Crippen LogP contribution in [0.5, 0.6) is 0 Å². The molecule has 2 aromatic rings. The van der Waals surface area contributed by atoms with Crippen LogP contribution in [0.2, 0.25) is 5.02 Å². The minimum atomic E-state index is -0.532. The fraction of sp³-hybridized carbons (Fsp3) is 0.476. The molecule has 10 nitrogen and oxygen atoms in total. The Morgan fingerprint density at radius 2 is 2.03 bits per heavy atom. The van der Waals surface area contributed by atoms with Gasteiger partial charge in [0.1, 0.15) is 17.5 Å². The summed E-state index contributed by atoms with van der Waals surface area (Å²) in [6.07, 6.45) is 1.23. The molecule has 0 aliphatic carbocycles. The maximum atomic E-state index is 12.3. The van der Waals surface area contributed by atoms with Crippen LogP contribution in [0.1, 0.15) is 30.7 Å². The van der Waals surface area contributed by atoms with E-state index in [4.69, 9.17) is 20.9 Å². The number of hydrogen-bond donors (Lipinski definition) is 5. The monoisotopic (exact) mass is 465 g/mol. The third-order valence-corrected chi connectivity index (χ3v) is 5.45. The van der Waals surface area contributed by atoms with E-state index in [-0.39, 0.29) is 24.8 Å². The zero-order chi connectivity index (χ0) is 23.1. The van der Waals surface area contributed by atoms with E-state index in [0.29, 0.717) is 53.7 Å². The second kappa shape index (κ2) is 11.2. The van der Waals surface area contributed by atoms with Crippen LogP contribution in [0, 0.1) is 13.8 Å². The number of aryl methyl sites for hydroxylation is 2. The Morgan fingerprint density at radius 1 is 1.22 bits per heavy atom. The summed E-state index contributed by atoms with van der Waals surface area (Å²) in [5, 5.41) is 25.1. The van der Waals surface area contributed by atoms with Crippen LogP contribution < -0.4 is 21.3 Å². The lowest BCUT2D eigenvalue weighted by molar-refractivity contribution is -0.0885. The number of benzene rings is 1. The van der Waals surface area contributed by atoms with E-state index in [9.17, 15) is 14.7 Å². The molecule has 1 aromatic heterocycles. The molecule has 5 N–H and O–H groups in total. The Kier molecular flexibility index (Phi) is 8.32. The maximum Gasteiger partial charge on any atom is 0.319 e. The Hall–Kier alpha value is -2.82. The fourth-order valence-electron chi connectivity index (χ4n) is 3.58. The van der Waals surface area contributed by atoms with Gasteiger partial charge < -0.3 is 35.6 Å². The molecule has 1 fully saturated rings. The van der Waals surface area contributed by atoms with Crippen molar-refractivity contribution in [3.8, 4) is 0 Å². The zero-order valence-electron chi connectivity index (χ0n) is 18.0. The summed E-state index contributed by atoms with van der Waals surface area (Å²) in [6, 6.07) is 5.76. The summed E-state index contributed by atoms with van der Waals surface area (Å²) in [6.45, 7) is 3.64. The van der Waals surface area contributed by atoms with Crippen molar-refractivity contribution in [3.63, 3.8) is 0 Å². The highest BCUT2D eigenvalue weighted by Gasteiger charge is 2.31. The molecule has 11 heteroatoms. The molecular formula is C21H28ClN5O5. The van der Waals surface area contributed by atoms with Crippen molar-refractivity contribution in [2.24, 2.45) is 0 Å². The van der Waals surface area contributed by atoms with Gasteiger partial charge in [0.15, 0.2) is 5.76 Å². The zero-order valence-corrected chi connectivity index (χ0v) is 18.7. The van der Waals surface area contributed by atoms with E-state index in [2.05, 4.69) is 26.4 Å². The molecule has 1 aliphatic heterocycles. The Bertz CT molecular complexity index is 918. The van der Waals surface area contributed by atoms with Crippen LogP contribution in [0.25, 0.3) is 0 Å². The average molecular weight is 466 g/mol. The van der Waals surface area contributed by atoms with Crippen molar-refractivity contribution in [2.45, 2.75) is 51.4 Å². The number of aliphatic hydroxyl groups excluding tert-OH is 1. The van der Waals surface area contributed by atoms with Gasteiger partial charge in [-0.1, -0.05) is 22.8 Å². The number of amides is 4. The molecule has 3 atom stereocenters. The van der Waals surface area contributed by atoms with Gasteiger partial charge in [-0.05, 0) is 51.3 Å². The van der Waals surface area contributed by atoms with Gasteiger partial charge >= 0.3 is 12.1 Å². The molecule has 1 saturated heterocycles. The average Bonchev–Trinajstić information content (AvgIpc) is 3.06. The number of ether oxygens (including phenoxy) is 1. The largest absolute Gasteiger partial charge is 0.394 e. The lowest BCUT2D eigenvalue weighted by Gasteiger charge is -2.36. The van der Waals surface area contributed by atoms with Gasteiger partial charge in [0, 0.05) is 17.3 Å². The third kappa shape index (κ3) is 6.59. The van der Waals surface area contributed by atoms with E-state index in [0.717, 1.165) is 0 Å². The maximum absolute atomic E-state index is 12.3. The highest BCUT2D eigenvalue weighted by atomic mass is 35.5. The van der Waals surface area contributed by atoms with Gasteiger partial charge in [-0.15, -0.1) is 0 Å². The second-order valence-electron chi connectivity index (χ2n) is 7.64. The van der Waals surface area contributed by atoms with Gasteiger partial charge in [-0.25, -0.2) is 9.59 Å². The first kappa shape index (κ1) is 23.8. The number of hydrogen-bond acceptors (Lipinski definition) is 6. The standard InChI is InChI=1S/C21H28ClN5O5/c1-12-19(13(2)32-27-12)26-20(29)23-9-8-16-6-7-17(18(11-28)31-16)25-21(30)24-15-5-3-4-14(22)10-15/h3-5,10,16-18,28H,6-9,11H2,1-2H3,(H2,23,26,29)(H2,24,25,30)/t16-,17-,18-/m1/s1. The SMILES string of the molecule is Cc1noc(C)c1NC(=O)NCC[C@H]1CC[C@@H](NC(=O)Nc2cccc(Cl)c2)[C@@H](CO)O1. The second-order valence-corrected chi connectivity index (χ2v) is 8.08. The molecule has 4 amide bonds. The topological polar surface area (TPSA) is 138 Å². The van der Waals surface area contributed by atoms with Gasteiger partial charge in [0.25, 0.3) is 0 Å². The molecule has 0 saturated carbocycles. The highest BCUT2D eigenvalue weighted by Crippen LogP contribution is 2.22. The molecular weight excluding hydrogens is 438 g/mol. The normalized spacial score (nSPS) is 20.4. The van der Waals surface area contributed by atoms with Gasteiger partial charge in [0.2, 0.25) is 0 Å². The predicted molar refractivity (Wildman–Crippen MR) is 120 cm³/mol. The van der Waals surface area contributed by atoms with Crippen molar-refractivity contribution in [1.82, 2.24) is 15.8 Å². The number of halogens is 1. The summed E-state index contributed by atoms with van der Waals surface area (Å²) in [5.74, 6) is 0.539. The number of carbonyl (C=O) groups excluding carboxylic acids is 2. The van der Waals surface area contributed by atoms with Crippen molar-refractivity contribution in [2.75, 3.05) is 23.8 Å². The Labute approximate surface area is 191 Å². The third-order valence-electron chi connectivity index (χ3n) is 5.22. The summed E-state index contributed by atoms with van der Waals surface area (Å²) in [5.41, 5.74) is 1.74. The Balaban J connectivity index is 1.41. The highest BCUT2D eigenvalue weighted by molar-refractivity contribution is 6.30. The summed E-state index contributed by atoms with van der Waals surface area (Å²) >= 11 is 5.93. The fourth-order valence-corrected chi connectivity index (χ4v) is 3.77. The first-order chi connectivity index (χ1) is 15.4. The van der Waals surface area contributed by atoms with Crippen LogP contribution in [-0.4, -0.2) is 53.7 Å². The quantitative estimate of drug-likeness (QED) is 0.425. The van der Waals surface area contributed by atoms with Crippen molar-refractivity contribution < 1.29 is 24.0 Å². The Morgan fingerprint density at radius 3 is 2.72 bits per heavy atom. The summed E-state index contributed by atoms with van der Waals surface area (Å²) in [4.78, 5) is 24.4. The number of aliphatic hydroxyl groups is 1. The van der Waals surface area contributed by atoms with E-state index in [1.807, 2.05) is 0 Å². The van der Waals surface area contributed by atoms with Crippen LogP contribution in [-0.2, 0) is 4.74 Å². The lowest BCUT2D eigenvalue weighted by atomic mass is 9.97. The molecule has 3 rings (SSSR count).